The Bertz CT molecular complexity index is 1540. The van der Waals surface area contributed by atoms with Gasteiger partial charge in [0.25, 0.3) is 5.56 Å². The van der Waals surface area contributed by atoms with Gasteiger partial charge in [-0.15, -0.1) is 11.3 Å². The molecule has 0 bridgehead atoms. The Balaban J connectivity index is 1.45. The number of carbonyl (C=O) groups is 1. The summed E-state index contributed by atoms with van der Waals surface area (Å²) in [7, 11) is 1.58. The van der Waals surface area contributed by atoms with E-state index in [1.165, 1.54) is 22.2 Å². The van der Waals surface area contributed by atoms with Gasteiger partial charge >= 0.3 is 0 Å². The van der Waals surface area contributed by atoms with Crippen molar-refractivity contribution >= 4 is 33.1 Å². The van der Waals surface area contributed by atoms with E-state index in [2.05, 4.69) is 22.4 Å². The molecule has 0 spiro atoms. The van der Waals surface area contributed by atoms with Gasteiger partial charge in [0, 0.05) is 16.6 Å². The number of carbonyl (C=O) groups excluding carboxylic acids is 1. The van der Waals surface area contributed by atoms with Gasteiger partial charge < -0.3 is 10.1 Å². The molecule has 0 aliphatic heterocycles. The van der Waals surface area contributed by atoms with Crippen molar-refractivity contribution in [3.63, 3.8) is 0 Å². The number of amides is 1. The van der Waals surface area contributed by atoms with Crippen LogP contribution in [-0.2, 0) is 4.79 Å². The van der Waals surface area contributed by atoms with E-state index in [-0.39, 0.29) is 11.5 Å². The Labute approximate surface area is 206 Å². The molecule has 35 heavy (non-hydrogen) atoms. The smallest absolute Gasteiger partial charge is 0.263 e. The summed E-state index contributed by atoms with van der Waals surface area (Å²) in [5.74, 6) is 0.395. The minimum absolute atomic E-state index is 0.240. The average molecular weight is 482 g/mol. The summed E-state index contributed by atoms with van der Waals surface area (Å²) in [5.41, 5.74) is 4.38. The minimum atomic E-state index is -0.741. The van der Waals surface area contributed by atoms with E-state index in [1.807, 2.05) is 47.8 Å². The minimum Gasteiger partial charge on any atom is -0.497 e. The summed E-state index contributed by atoms with van der Waals surface area (Å²) in [6.07, 6.45) is 1.45. The number of benzene rings is 3. The fourth-order valence-electron chi connectivity index (χ4n) is 3.95. The molecule has 0 fully saturated rings. The van der Waals surface area contributed by atoms with Gasteiger partial charge in [-0.1, -0.05) is 54.6 Å². The molecule has 0 saturated carbocycles. The van der Waals surface area contributed by atoms with Gasteiger partial charge in [-0.2, -0.15) is 0 Å². The third-order valence-electron chi connectivity index (χ3n) is 5.98. The van der Waals surface area contributed by atoms with Crippen molar-refractivity contribution in [1.29, 1.82) is 0 Å². The van der Waals surface area contributed by atoms with Crippen LogP contribution in [0.1, 0.15) is 13.0 Å². The number of fused-ring (bicyclic) bond motifs is 1. The number of anilines is 1. The van der Waals surface area contributed by atoms with Crippen LogP contribution in [0.2, 0.25) is 0 Å². The van der Waals surface area contributed by atoms with Crippen molar-refractivity contribution in [3.8, 4) is 28.0 Å². The SMILES string of the molecule is COc1ccc(NC(=O)C(C)n2cnc3scc(-c4ccc(-c5ccccc5)cc4)c3c2=O)cc1. The van der Waals surface area contributed by atoms with E-state index in [0.717, 1.165) is 22.3 Å². The predicted molar refractivity (Wildman–Crippen MR) is 141 cm³/mol. The Morgan fingerprint density at radius 1 is 0.943 bits per heavy atom. The first-order chi connectivity index (χ1) is 17.0. The number of aromatic nitrogens is 2. The van der Waals surface area contributed by atoms with E-state index in [4.69, 9.17) is 4.74 Å². The zero-order valence-corrected chi connectivity index (χ0v) is 20.1. The second-order valence-electron chi connectivity index (χ2n) is 8.12. The Morgan fingerprint density at radius 2 is 1.60 bits per heavy atom. The topological polar surface area (TPSA) is 73.2 Å². The quantitative estimate of drug-likeness (QED) is 0.323. The van der Waals surface area contributed by atoms with Crippen LogP contribution in [-0.4, -0.2) is 22.6 Å². The first kappa shape index (κ1) is 22.6. The molecule has 3 aromatic carbocycles. The zero-order chi connectivity index (χ0) is 24.4. The van der Waals surface area contributed by atoms with Crippen molar-refractivity contribution in [1.82, 2.24) is 9.55 Å². The molecule has 1 atom stereocenters. The summed E-state index contributed by atoms with van der Waals surface area (Å²) in [6.45, 7) is 1.69. The van der Waals surface area contributed by atoms with Gasteiger partial charge in [0.1, 0.15) is 16.6 Å². The van der Waals surface area contributed by atoms with E-state index >= 15 is 0 Å². The molecule has 0 saturated heterocycles. The molecular formula is C28H23N3O3S. The van der Waals surface area contributed by atoms with E-state index in [1.54, 1.807) is 38.3 Å². The highest BCUT2D eigenvalue weighted by Gasteiger charge is 2.20. The second-order valence-corrected chi connectivity index (χ2v) is 8.98. The number of ether oxygens (including phenoxy) is 1. The van der Waals surface area contributed by atoms with Crippen molar-refractivity contribution in [3.05, 3.63) is 101 Å². The Morgan fingerprint density at radius 3 is 2.29 bits per heavy atom. The maximum Gasteiger partial charge on any atom is 0.263 e. The number of nitrogens with zero attached hydrogens (tertiary/aromatic N) is 2. The van der Waals surface area contributed by atoms with Crippen molar-refractivity contribution in [2.75, 3.05) is 12.4 Å². The lowest BCUT2D eigenvalue weighted by Crippen LogP contribution is -2.31. The molecular weight excluding hydrogens is 458 g/mol. The zero-order valence-electron chi connectivity index (χ0n) is 19.3. The number of thiophene rings is 1. The molecule has 5 aromatic rings. The number of methoxy groups -OCH3 is 1. The molecule has 2 aromatic heterocycles. The van der Waals surface area contributed by atoms with E-state index in [9.17, 15) is 9.59 Å². The molecule has 1 N–H and O–H groups in total. The summed E-state index contributed by atoms with van der Waals surface area (Å²) in [6, 6.07) is 24.6. The summed E-state index contributed by atoms with van der Waals surface area (Å²) in [5, 5.41) is 5.32. The highest BCUT2D eigenvalue weighted by atomic mass is 32.1. The van der Waals surface area contributed by atoms with Crippen LogP contribution in [0.15, 0.2) is 95.4 Å². The maximum absolute atomic E-state index is 13.5. The number of hydrogen-bond acceptors (Lipinski definition) is 5. The van der Waals surface area contributed by atoms with Gasteiger partial charge in [0.05, 0.1) is 18.8 Å². The lowest BCUT2D eigenvalue weighted by Gasteiger charge is -2.15. The van der Waals surface area contributed by atoms with Crippen LogP contribution in [0.25, 0.3) is 32.5 Å². The van der Waals surface area contributed by atoms with Crippen molar-refractivity contribution in [2.45, 2.75) is 13.0 Å². The van der Waals surface area contributed by atoms with Crippen LogP contribution in [0.4, 0.5) is 5.69 Å². The van der Waals surface area contributed by atoms with E-state index < -0.39 is 6.04 Å². The monoisotopic (exact) mass is 481 g/mol. The van der Waals surface area contributed by atoms with Gasteiger partial charge in [-0.25, -0.2) is 4.98 Å². The molecule has 5 rings (SSSR count). The fraction of sp³-hybridized carbons (Fsp3) is 0.107. The standard InChI is InChI=1S/C28H23N3O3S/c1-18(26(32)30-22-12-14-23(34-2)15-13-22)31-17-29-27-25(28(31)33)24(16-35-27)21-10-8-20(9-11-21)19-6-4-3-5-7-19/h3-18H,1-2H3,(H,30,32). The summed E-state index contributed by atoms with van der Waals surface area (Å²) in [4.78, 5) is 31.5. The van der Waals surface area contributed by atoms with Gasteiger partial charge in [0.2, 0.25) is 5.91 Å². The third kappa shape index (κ3) is 4.46. The number of nitrogens with one attached hydrogen (secondary N) is 1. The maximum atomic E-state index is 13.5. The van der Waals surface area contributed by atoms with Gasteiger partial charge in [-0.3, -0.25) is 14.2 Å². The molecule has 174 valence electrons. The molecule has 1 amide bonds. The summed E-state index contributed by atoms with van der Waals surface area (Å²) < 4.78 is 6.54. The molecule has 0 radical (unpaired) electrons. The van der Waals surface area contributed by atoms with Crippen LogP contribution < -0.4 is 15.6 Å². The lowest BCUT2D eigenvalue weighted by molar-refractivity contribution is -0.118. The highest BCUT2D eigenvalue weighted by Crippen LogP contribution is 2.32. The second kappa shape index (κ2) is 9.56. The van der Waals surface area contributed by atoms with Crippen LogP contribution >= 0.6 is 11.3 Å². The number of rotatable bonds is 6. The number of hydrogen-bond donors (Lipinski definition) is 1. The largest absolute Gasteiger partial charge is 0.497 e. The first-order valence-electron chi connectivity index (χ1n) is 11.1. The first-order valence-corrected chi connectivity index (χ1v) is 12.0. The average Bonchev–Trinajstić information content (AvgIpc) is 3.35. The molecule has 7 heteroatoms. The highest BCUT2D eigenvalue weighted by molar-refractivity contribution is 7.17. The summed E-state index contributed by atoms with van der Waals surface area (Å²) >= 11 is 1.42. The Hall–Kier alpha value is -4.23. The fourth-order valence-corrected chi connectivity index (χ4v) is 4.86. The normalized spacial score (nSPS) is 11.8. The van der Waals surface area contributed by atoms with Crippen LogP contribution in [0.5, 0.6) is 5.75 Å². The van der Waals surface area contributed by atoms with Crippen molar-refractivity contribution < 1.29 is 9.53 Å². The Kier molecular flexibility index (Phi) is 6.16. The van der Waals surface area contributed by atoms with Crippen LogP contribution in [0, 0.1) is 0 Å². The van der Waals surface area contributed by atoms with E-state index in [0.29, 0.717) is 21.7 Å². The molecule has 6 nitrogen and oxygen atoms in total. The predicted octanol–water partition coefficient (Wildman–Crippen LogP) is 6.00. The molecule has 0 aliphatic carbocycles. The third-order valence-corrected chi connectivity index (χ3v) is 6.86. The molecule has 0 aliphatic rings. The van der Waals surface area contributed by atoms with Crippen LogP contribution in [0.3, 0.4) is 0 Å². The van der Waals surface area contributed by atoms with Gasteiger partial charge in [0.15, 0.2) is 0 Å². The molecule has 2 heterocycles. The van der Waals surface area contributed by atoms with Crippen molar-refractivity contribution in [2.24, 2.45) is 0 Å². The van der Waals surface area contributed by atoms with Gasteiger partial charge in [-0.05, 0) is 47.9 Å². The lowest BCUT2D eigenvalue weighted by atomic mass is 10.0. The molecule has 1 unspecified atom stereocenters.